The Morgan fingerprint density at radius 3 is 2.58 bits per heavy atom. The first-order valence-corrected chi connectivity index (χ1v) is 14.6. The number of aromatic nitrogens is 1. The van der Waals surface area contributed by atoms with E-state index in [0.717, 1.165) is 28.2 Å². The lowest BCUT2D eigenvalue weighted by Crippen LogP contribution is -2.43. The Bertz CT molecular complexity index is 1220. The fourth-order valence-corrected chi connectivity index (χ4v) is 6.07. The number of amides is 1. The number of carbonyl (C=O) groups is 1. The highest BCUT2D eigenvalue weighted by atomic mass is 32.2. The van der Waals surface area contributed by atoms with Gasteiger partial charge in [0.2, 0.25) is 5.91 Å². The minimum atomic E-state index is -3.43. The molecular formula is C23H27N3O4S3. The smallest absolute Gasteiger partial charge is 0.233 e. The van der Waals surface area contributed by atoms with Crippen LogP contribution in [0.3, 0.4) is 0 Å². The van der Waals surface area contributed by atoms with E-state index in [1.165, 1.54) is 17.6 Å². The zero-order chi connectivity index (χ0) is 23.4. The number of para-hydroxylation sites is 1. The molecule has 2 heterocycles. The Hall–Kier alpha value is -1.98. The number of anilines is 1. The molecule has 176 valence electrons. The van der Waals surface area contributed by atoms with E-state index in [1.807, 2.05) is 36.6 Å². The fraction of sp³-hybridized carbons (Fsp3) is 0.391. The van der Waals surface area contributed by atoms with Crippen LogP contribution >= 0.6 is 23.1 Å². The van der Waals surface area contributed by atoms with Crippen LogP contribution in [0.5, 0.6) is 0 Å². The van der Waals surface area contributed by atoms with Crippen molar-refractivity contribution in [2.75, 3.05) is 56.8 Å². The molecule has 1 amide bonds. The second-order valence-corrected chi connectivity index (χ2v) is 11.8. The molecule has 1 aliphatic heterocycles. The first-order chi connectivity index (χ1) is 15.8. The van der Waals surface area contributed by atoms with Crippen LogP contribution in [0.2, 0.25) is 0 Å². The largest absolute Gasteiger partial charge is 0.379 e. The van der Waals surface area contributed by atoms with Crippen molar-refractivity contribution >= 4 is 54.2 Å². The van der Waals surface area contributed by atoms with Crippen LogP contribution in [-0.4, -0.2) is 76.1 Å². The molecule has 0 aliphatic carbocycles. The summed E-state index contributed by atoms with van der Waals surface area (Å²) >= 11 is 3.01. The molecule has 0 spiro atoms. The predicted molar refractivity (Wildman–Crippen MR) is 134 cm³/mol. The zero-order valence-corrected chi connectivity index (χ0v) is 21.1. The number of sulfone groups is 1. The van der Waals surface area contributed by atoms with Crippen molar-refractivity contribution in [3.63, 3.8) is 0 Å². The van der Waals surface area contributed by atoms with E-state index in [4.69, 9.17) is 4.74 Å². The van der Waals surface area contributed by atoms with Crippen molar-refractivity contribution in [3.8, 4) is 0 Å². The number of carbonyl (C=O) groups excluding carboxylic acids is 1. The van der Waals surface area contributed by atoms with E-state index < -0.39 is 9.84 Å². The summed E-state index contributed by atoms with van der Waals surface area (Å²) in [6, 6.07) is 13.1. The van der Waals surface area contributed by atoms with Gasteiger partial charge in [0, 0.05) is 37.3 Å². The van der Waals surface area contributed by atoms with Gasteiger partial charge >= 0.3 is 0 Å². The molecular weight excluding hydrogens is 478 g/mol. The maximum absolute atomic E-state index is 13.4. The summed E-state index contributed by atoms with van der Waals surface area (Å²) in [4.78, 5) is 23.4. The third kappa shape index (κ3) is 5.93. The van der Waals surface area contributed by atoms with Crippen molar-refractivity contribution < 1.29 is 17.9 Å². The molecule has 2 aromatic carbocycles. The standard InChI is InChI=1S/C23H27N3O4S3/c1-31-18-8-6-17(7-9-18)16-21(27)26(11-10-25-12-14-30-15-13-25)23-24-22-19(32-23)4-3-5-20(22)33(2,28)29/h3-9H,10-16H2,1-2H3. The Kier molecular flexibility index (Phi) is 7.70. The summed E-state index contributed by atoms with van der Waals surface area (Å²) in [6.45, 7) is 4.22. The number of rotatable bonds is 8. The number of benzene rings is 2. The van der Waals surface area contributed by atoms with Crippen LogP contribution in [0, 0.1) is 0 Å². The lowest BCUT2D eigenvalue weighted by atomic mass is 10.1. The molecule has 0 unspecified atom stereocenters. The SMILES string of the molecule is CSc1ccc(CC(=O)N(CCN2CCOCC2)c2nc3c(S(C)(=O)=O)cccc3s2)cc1. The summed E-state index contributed by atoms with van der Waals surface area (Å²) in [5.41, 5.74) is 1.36. The number of morpholine rings is 1. The number of hydrogen-bond acceptors (Lipinski definition) is 8. The van der Waals surface area contributed by atoms with E-state index in [9.17, 15) is 13.2 Å². The van der Waals surface area contributed by atoms with E-state index in [0.29, 0.717) is 37.0 Å². The minimum absolute atomic E-state index is 0.0554. The summed E-state index contributed by atoms with van der Waals surface area (Å²) in [5, 5.41) is 0.528. The molecule has 7 nitrogen and oxygen atoms in total. The number of thiazole rings is 1. The van der Waals surface area contributed by atoms with Gasteiger partial charge in [-0.15, -0.1) is 11.8 Å². The molecule has 3 aromatic rings. The second kappa shape index (κ2) is 10.5. The Balaban J connectivity index is 1.63. The first-order valence-electron chi connectivity index (χ1n) is 10.7. The molecule has 1 fully saturated rings. The summed E-state index contributed by atoms with van der Waals surface area (Å²) in [7, 11) is -3.43. The van der Waals surface area contributed by atoms with E-state index in [-0.39, 0.29) is 17.2 Å². The molecule has 0 N–H and O–H groups in total. The predicted octanol–water partition coefficient (Wildman–Crippen LogP) is 3.33. The van der Waals surface area contributed by atoms with Gasteiger partial charge in [-0.3, -0.25) is 14.6 Å². The van der Waals surface area contributed by atoms with Gasteiger partial charge in [-0.05, 0) is 36.1 Å². The molecule has 10 heteroatoms. The van der Waals surface area contributed by atoms with Crippen LogP contribution in [0.4, 0.5) is 5.13 Å². The second-order valence-electron chi connectivity index (χ2n) is 7.90. The fourth-order valence-electron chi connectivity index (χ4n) is 3.73. The topological polar surface area (TPSA) is 79.8 Å². The van der Waals surface area contributed by atoms with Crippen LogP contribution in [0.15, 0.2) is 52.3 Å². The van der Waals surface area contributed by atoms with Gasteiger partial charge in [0.25, 0.3) is 0 Å². The maximum Gasteiger partial charge on any atom is 0.233 e. The number of ether oxygens (including phenoxy) is 1. The molecule has 0 atom stereocenters. The van der Waals surface area contributed by atoms with E-state index >= 15 is 0 Å². The van der Waals surface area contributed by atoms with E-state index in [2.05, 4.69) is 9.88 Å². The normalized spacial score (nSPS) is 15.1. The van der Waals surface area contributed by atoms with Crippen LogP contribution in [0.25, 0.3) is 10.2 Å². The van der Waals surface area contributed by atoms with Crippen molar-refractivity contribution in [2.45, 2.75) is 16.2 Å². The molecule has 1 saturated heterocycles. The van der Waals surface area contributed by atoms with Gasteiger partial charge in [0.15, 0.2) is 15.0 Å². The van der Waals surface area contributed by atoms with Gasteiger partial charge in [-0.2, -0.15) is 0 Å². The van der Waals surface area contributed by atoms with Gasteiger partial charge < -0.3 is 4.74 Å². The quantitative estimate of drug-likeness (QED) is 0.435. The van der Waals surface area contributed by atoms with Gasteiger partial charge in [0.1, 0.15) is 5.52 Å². The number of hydrogen-bond donors (Lipinski definition) is 0. The van der Waals surface area contributed by atoms with Crippen molar-refractivity contribution in [1.82, 2.24) is 9.88 Å². The van der Waals surface area contributed by atoms with Gasteiger partial charge in [-0.1, -0.05) is 29.5 Å². The molecule has 0 saturated carbocycles. The lowest BCUT2D eigenvalue weighted by molar-refractivity contribution is -0.118. The van der Waals surface area contributed by atoms with Crippen molar-refractivity contribution in [1.29, 1.82) is 0 Å². The Morgan fingerprint density at radius 2 is 1.91 bits per heavy atom. The highest BCUT2D eigenvalue weighted by molar-refractivity contribution is 7.98. The molecule has 1 aromatic heterocycles. The highest BCUT2D eigenvalue weighted by Crippen LogP contribution is 2.33. The number of thioether (sulfide) groups is 1. The van der Waals surface area contributed by atoms with Crippen LogP contribution in [0.1, 0.15) is 5.56 Å². The zero-order valence-electron chi connectivity index (χ0n) is 18.7. The summed E-state index contributed by atoms with van der Waals surface area (Å²) in [5.74, 6) is -0.0554. The maximum atomic E-state index is 13.4. The van der Waals surface area contributed by atoms with Gasteiger partial charge in [-0.25, -0.2) is 13.4 Å². The Morgan fingerprint density at radius 1 is 1.18 bits per heavy atom. The number of nitrogens with zero attached hydrogens (tertiary/aromatic N) is 3. The third-order valence-corrected chi connectivity index (χ3v) is 8.48. The van der Waals surface area contributed by atoms with Crippen molar-refractivity contribution in [2.24, 2.45) is 0 Å². The van der Waals surface area contributed by atoms with Crippen molar-refractivity contribution in [3.05, 3.63) is 48.0 Å². The first kappa shape index (κ1) is 24.2. The minimum Gasteiger partial charge on any atom is -0.379 e. The highest BCUT2D eigenvalue weighted by Gasteiger charge is 2.24. The molecule has 1 aliphatic rings. The summed E-state index contributed by atoms with van der Waals surface area (Å²) < 4.78 is 30.7. The van der Waals surface area contributed by atoms with Gasteiger partial charge in [0.05, 0.1) is 29.2 Å². The number of fused-ring (bicyclic) bond motifs is 1. The molecule has 0 radical (unpaired) electrons. The molecule has 33 heavy (non-hydrogen) atoms. The summed E-state index contributed by atoms with van der Waals surface area (Å²) in [6.07, 6.45) is 3.46. The molecule has 4 rings (SSSR count). The van der Waals surface area contributed by atoms with Crippen LogP contribution < -0.4 is 4.90 Å². The monoisotopic (exact) mass is 505 g/mol. The third-order valence-electron chi connectivity index (χ3n) is 5.56. The molecule has 0 bridgehead atoms. The average Bonchev–Trinajstić information content (AvgIpc) is 3.23. The Labute approximate surface area is 202 Å². The van der Waals surface area contributed by atoms with Crippen LogP contribution in [-0.2, 0) is 25.8 Å². The average molecular weight is 506 g/mol. The van der Waals surface area contributed by atoms with E-state index in [1.54, 1.807) is 28.8 Å². The lowest BCUT2D eigenvalue weighted by Gasteiger charge is -2.29.